The Balaban J connectivity index is 1.35. The van der Waals surface area contributed by atoms with Gasteiger partial charge in [0.1, 0.15) is 18.1 Å². The van der Waals surface area contributed by atoms with Crippen LogP contribution in [0.25, 0.3) is 15.7 Å². The molecule has 5 aromatic rings. The van der Waals surface area contributed by atoms with E-state index in [-0.39, 0.29) is 0 Å². The van der Waals surface area contributed by atoms with Crippen LogP contribution in [0, 0.1) is 0 Å². The van der Waals surface area contributed by atoms with Gasteiger partial charge in [-0.25, -0.2) is 0 Å². The van der Waals surface area contributed by atoms with Crippen molar-refractivity contribution in [1.29, 1.82) is 0 Å². The molecule has 6 nitrogen and oxygen atoms in total. The van der Waals surface area contributed by atoms with Crippen molar-refractivity contribution >= 4 is 27.1 Å². The molecule has 29 heavy (non-hydrogen) atoms. The maximum atomic E-state index is 6.06. The van der Waals surface area contributed by atoms with Crippen LogP contribution < -0.4 is 9.47 Å². The van der Waals surface area contributed by atoms with Crippen molar-refractivity contribution in [2.24, 2.45) is 0 Å². The van der Waals surface area contributed by atoms with Gasteiger partial charge in [-0.15, -0.1) is 10.2 Å². The highest BCUT2D eigenvalue weighted by atomic mass is 32.1. The van der Waals surface area contributed by atoms with Crippen LogP contribution in [0.1, 0.15) is 16.4 Å². The van der Waals surface area contributed by atoms with Crippen molar-refractivity contribution in [2.45, 2.75) is 13.0 Å². The Hall–Kier alpha value is -3.45. The summed E-state index contributed by atoms with van der Waals surface area (Å²) in [6.45, 7) is 0.393. The second kappa shape index (κ2) is 7.52. The minimum atomic E-state index is 0.393. The summed E-state index contributed by atoms with van der Waals surface area (Å²) in [5.74, 6) is 2.49. The molecule has 2 aromatic heterocycles. The minimum Gasteiger partial charge on any atom is -0.497 e. The van der Waals surface area contributed by atoms with Crippen LogP contribution in [0.2, 0.25) is 0 Å². The van der Waals surface area contributed by atoms with Gasteiger partial charge in [0, 0.05) is 11.8 Å². The molecule has 0 fully saturated rings. The van der Waals surface area contributed by atoms with E-state index in [2.05, 4.69) is 33.5 Å². The smallest absolute Gasteiger partial charge is 0.234 e. The first-order valence-electron chi connectivity index (χ1n) is 9.23. The first kappa shape index (κ1) is 17.6. The molecule has 0 unspecified atom stereocenters. The van der Waals surface area contributed by atoms with Crippen LogP contribution in [0.3, 0.4) is 0 Å². The lowest BCUT2D eigenvalue weighted by Gasteiger charge is -2.07. The fourth-order valence-electron chi connectivity index (χ4n) is 3.25. The van der Waals surface area contributed by atoms with Crippen LogP contribution in [0.4, 0.5) is 0 Å². The van der Waals surface area contributed by atoms with Crippen LogP contribution in [0.5, 0.6) is 11.5 Å². The van der Waals surface area contributed by atoms with E-state index in [1.54, 1.807) is 11.6 Å². The first-order valence-corrected chi connectivity index (χ1v) is 10.1. The lowest BCUT2D eigenvalue weighted by atomic mass is 10.1. The molecule has 3 aromatic carbocycles. The van der Waals surface area contributed by atoms with Gasteiger partial charge in [0.2, 0.25) is 4.96 Å². The second-order valence-corrected chi connectivity index (χ2v) is 7.64. The van der Waals surface area contributed by atoms with Crippen LogP contribution in [-0.2, 0) is 13.0 Å². The van der Waals surface area contributed by atoms with E-state index in [0.717, 1.165) is 43.6 Å². The third-order valence-corrected chi connectivity index (χ3v) is 5.59. The SMILES string of the molecule is COc1ccc(Cc2nnc3sc(COc4cccc5ccccc45)nn23)cc1. The summed E-state index contributed by atoms with van der Waals surface area (Å²) in [5.41, 5.74) is 1.13. The fourth-order valence-corrected chi connectivity index (χ4v) is 4.02. The normalized spacial score (nSPS) is 11.2. The molecule has 2 heterocycles. The highest BCUT2D eigenvalue weighted by molar-refractivity contribution is 7.16. The summed E-state index contributed by atoms with van der Waals surface area (Å²) in [6, 6.07) is 22.2. The Bertz CT molecular complexity index is 1270. The van der Waals surface area contributed by atoms with Gasteiger partial charge in [0.05, 0.1) is 7.11 Å². The molecular weight excluding hydrogens is 384 g/mol. The Morgan fingerprint density at radius 3 is 2.62 bits per heavy atom. The van der Waals surface area contributed by atoms with Gasteiger partial charge >= 0.3 is 0 Å². The van der Waals surface area contributed by atoms with E-state index in [4.69, 9.17) is 9.47 Å². The number of hydrogen-bond acceptors (Lipinski definition) is 6. The molecule has 0 amide bonds. The molecule has 0 aliphatic heterocycles. The molecular formula is C22H18N4O2S. The maximum Gasteiger partial charge on any atom is 0.234 e. The third-order valence-electron chi connectivity index (χ3n) is 4.72. The van der Waals surface area contributed by atoms with Crippen LogP contribution in [0.15, 0.2) is 66.7 Å². The Morgan fingerprint density at radius 1 is 0.931 bits per heavy atom. The number of hydrogen-bond donors (Lipinski definition) is 0. The molecule has 0 atom stereocenters. The zero-order valence-corrected chi connectivity index (χ0v) is 16.6. The van der Waals surface area contributed by atoms with Gasteiger partial charge < -0.3 is 9.47 Å². The second-order valence-electron chi connectivity index (χ2n) is 6.60. The van der Waals surface area contributed by atoms with Gasteiger partial charge in [-0.3, -0.25) is 0 Å². The lowest BCUT2D eigenvalue weighted by Crippen LogP contribution is -2.00. The zero-order valence-electron chi connectivity index (χ0n) is 15.8. The monoisotopic (exact) mass is 402 g/mol. The number of methoxy groups -OCH3 is 1. The molecule has 0 saturated heterocycles. The highest BCUT2D eigenvalue weighted by Gasteiger charge is 2.13. The quantitative estimate of drug-likeness (QED) is 0.418. The van der Waals surface area contributed by atoms with Crippen molar-refractivity contribution in [1.82, 2.24) is 19.8 Å². The number of aromatic nitrogens is 4. The van der Waals surface area contributed by atoms with Gasteiger partial charge in [-0.1, -0.05) is 59.9 Å². The number of fused-ring (bicyclic) bond motifs is 2. The highest BCUT2D eigenvalue weighted by Crippen LogP contribution is 2.26. The molecule has 7 heteroatoms. The van der Waals surface area contributed by atoms with Gasteiger partial charge in [0.15, 0.2) is 10.8 Å². The van der Waals surface area contributed by atoms with E-state index >= 15 is 0 Å². The van der Waals surface area contributed by atoms with Crippen molar-refractivity contribution in [3.8, 4) is 11.5 Å². The van der Waals surface area contributed by atoms with Crippen molar-refractivity contribution in [2.75, 3.05) is 7.11 Å². The fraction of sp³-hybridized carbons (Fsp3) is 0.136. The number of nitrogens with zero attached hydrogens (tertiary/aromatic N) is 4. The Morgan fingerprint density at radius 2 is 1.76 bits per heavy atom. The molecule has 0 bridgehead atoms. The largest absolute Gasteiger partial charge is 0.497 e. The molecule has 0 saturated carbocycles. The molecule has 144 valence electrons. The van der Waals surface area contributed by atoms with Crippen molar-refractivity contribution in [3.05, 3.63) is 83.1 Å². The number of benzene rings is 3. The zero-order chi connectivity index (χ0) is 19.6. The van der Waals surface area contributed by atoms with E-state index in [9.17, 15) is 0 Å². The number of ether oxygens (including phenoxy) is 2. The Labute approximate surface area is 171 Å². The molecule has 5 rings (SSSR count). The molecule has 0 N–H and O–H groups in total. The summed E-state index contributed by atoms with van der Waals surface area (Å²) in [5, 5.41) is 16.3. The predicted molar refractivity (Wildman–Crippen MR) is 113 cm³/mol. The van der Waals surface area contributed by atoms with Crippen molar-refractivity contribution in [3.63, 3.8) is 0 Å². The standard InChI is InChI=1S/C22H18N4O2S/c1-27-17-11-9-15(10-12-17)13-20-23-24-22-26(20)25-21(29-22)14-28-19-8-4-6-16-5-2-3-7-18(16)19/h2-12H,13-14H2,1H3. The van der Waals surface area contributed by atoms with E-state index in [1.807, 2.05) is 48.5 Å². The summed E-state index contributed by atoms with van der Waals surface area (Å²) < 4.78 is 13.1. The third kappa shape index (κ3) is 3.52. The molecule has 0 radical (unpaired) electrons. The average Bonchev–Trinajstić information content (AvgIpc) is 3.34. The van der Waals surface area contributed by atoms with Gasteiger partial charge in [-0.05, 0) is 29.1 Å². The molecule has 0 aliphatic carbocycles. The summed E-state index contributed by atoms with van der Waals surface area (Å²) >= 11 is 1.49. The van der Waals surface area contributed by atoms with Gasteiger partial charge in [0.25, 0.3) is 0 Å². The predicted octanol–water partition coefficient (Wildman–Crippen LogP) is 4.52. The van der Waals surface area contributed by atoms with Gasteiger partial charge in [-0.2, -0.15) is 9.61 Å². The van der Waals surface area contributed by atoms with Crippen LogP contribution in [-0.4, -0.2) is 26.9 Å². The summed E-state index contributed by atoms with van der Waals surface area (Å²) in [7, 11) is 1.66. The lowest BCUT2D eigenvalue weighted by molar-refractivity contribution is 0.307. The first-order chi connectivity index (χ1) is 14.3. The average molecular weight is 402 g/mol. The Kier molecular flexibility index (Phi) is 4.57. The summed E-state index contributed by atoms with van der Waals surface area (Å²) in [4.78, 5) is 0.769. The van der Waals surface area contributed by atoms with E-state index in [0.29, 0.717) is 13.0 Å². The van der Waals surface area contributed by atoms with E-state index < -0.39 is 0 Å². The van der Waals surface area contributed by atoms with Crippen LogP contribution >= 0.6 is 11.3 Å². The summed E-state index contributed by atoms with van der Waals surface area (Å²) in [6.07, 6.45) is 0.651. The minimum absolute atomic E-state index is 0.393. The number of rotatable bonds is 6. The molecule has 0 spiro atoms. The molecule has 0 aliphatic rings. The van der Waals surface area contributed by atoms with Crippen molar-refractivity contribution < 1.29 is 9.47 Å². The maximum absolute atomic E-state index is 6.06. The van der Waals surface area contributed by atoms with E-state index in [1.165, 1.54) is 11.3 Å². The topological polar surface area (TPSA) is 61.5 Å².